The van der Waals surface area contributed by atoms with E-state index in [9.17, 15) is 9.59 Å². The van der Waals surface area contributed by atoms with Crippen LogP contribution in [0.4, 0.5) is 0 Å². The molecule has 0 unspecified atom stereocenters. The van der Waals surface area contributed by atoms with Crippen molar-refractivity contribution in [2.75, 3.05) is 13.6 Å². The van der Waals surface area contributed by atoms with Crippen LogP contribution in [0.5, 0.6) is 0 Å². The van der Waals surface area contributed by atoms with Crippen LogP contribution in [0.15, 0.2) is 53.6 Å². The Bertz CT molecular complexity index is 963. The van der Waals surface area contributed by atoms with Crippen LogP contribution in [-0.4, -0.2) is 41.0 Å². The third-order valence-corrected chi connectivity index (χ3v) is 5.87. The highest BCUT2D eigenvalue weighted by molar-refractivity contribution is 6.03. The van der Waals surface area contributed by atoms with E-state index in [1.165, 1.54) is 11.1 Å². The quantitative estimate of drug-likeness (QED) is 0.780. The Balaban J connectivity index is 1.60. The van der Waals surface area contributed by atoms with Gasteiger partial charge in [0.2, 0.25) is 5.91 Å². The molecule has 2 aromatic rings. The number of carbonyl (C=O) groups is 2. The molecule has 5 heteroatoms. The van der Waals surface area contributed by atoms with Crippen LogP contribution in [0.25, 0.3) is 0 Å². The molecule has 2 aliphatic rings. The highest BCUT2D eigenvalue weighted by atomic mass is 16.2. The third kappa shape index (κ3) is 4.09. The molecule has 29 heavy (non-hydrogen) atoms. The topological polar surface area (TPSA) is 53.0 Å². The molecular formula is C24H27N3O2. The zero-order valence-corrected chi connectivity index (χ0v) is 17.3. The van der Waals surface area contributed by atoms with Crippen LogP contribution in [-0.2, 0) is 9.59 Å². The van der Waals surface area contributed by atoms with Crippen molar-refractivity contribution in [3.63, 3.8) is 0 Å². The molecule has 1 aliphatic heterocycles. The highest BCUT2D eigenvalue weighted by Gasteiger charge is 2.36. The lowest BCUT2D eigenvalue weighted by atomic mass is 9.96. The van der Waals surface area contributed by atoms with Gasteiger partial charge < -0.3 is 4.90 Å². The summed E-state index contributed by atoms with van der Waals surface area (Å²) >= 11 is 0. The standard InChI is InChI=1S/C24H27N3O2/c1-16-9-10-20(13-17(16)2)21-14-22(18-7-5-4-6-8-18)27(25-21)23(28)15-26(3)24(29)19-11-12-19/h4-10,13,19,22H,11-12,14-15H2,1-3H3/t22-/m1/s1. The Morgan fingerprint density at radius 3 is 2.45 bits per heavy atom. The van der Waals surface area contributed by atoms with Crippen molar-refractivity contribution in [1.82, 2.24) is 9.91 Å². The number of benzene rings is 2. The lowest BCUT2D eigenvalue weighted by Gasteiger charge is -2.25. The number of aryl methyl sites for hydroxylation is 2. The number of carbonyl (C=O) groups excluding carboxylic acids is 2. The lowest BCUT2D eigenvalue weighted by molar-refractivity contribution is -0.141. The second-order valence-electron chi connectivity index (χ2n) is 8.18. The minimum absolute atomic E-state index is 0.0579. The molecule has 0 radical (unpaired) electrons. The molecule has 1 heterocycles. The van der Waals surface area contributed by atoms with Gasteiger partial charge in [-0.3, -0.25) is 9.59 Å². The molecule has 1 atom stereocenters. The van der Waals surface area contributed by atoms with Crippen LogP contribution in [0, 0.1) is 19.8 Å². The second-order valence-corrected chi connectivity index (χ2v) is 8.18. The summed E-state index contributed by atoms with van der Waals surface area (Å²) in [6, 6.07) is 16.1. The van der Waals surface area contributed by atoms with E-state index in [1.54, 1.807) is 17.0 Å². The van der Waals surface area contributed by atoms with Gasteiger partial charge in [-0.2, -0.15) is 5.10 Å². The average molecular weight is 389 g/mol. The fraction of sp³-hybridized carbons (Fsp3) is 0.375. The first kappa shape index (κ1) is 19.4. The number of hydrogen-bond donors (Lipinski definition) is 0. The Morgan fingerprint density at radius 2 is 1.79 bits per heavy atom. The van der Waals surface area contributed by atoms with Gasteiger partial charge in [0, 0.05) is 19.4 Å². The molecule has 1 saturated carbocycles. The minimum Gasteiger partial charge on any atom is -0.336 e. The lowest BCUT2D eigenvalue weighted by Crippen LogP contribution is -2.39. The molecule has 0 bridgehead atoms. The molecule has 5 nitrogen and oxygen atoms in total. The fourth-order valence-corrected chi connectivity index (χ4v) is 3.77. The first-order valence-corrected chi connectivity index (χ1v) is 10.2. The largest absolute Gasteiger partial charge is 0.336 e. The fourth-order valence-electron chi connectivity index (χ4n) is 3.77. The van der Waals surface area contributed by atoms with Gasteiger partial charge in [-0.1, -0.05) is 42.5 Å². The number of hydrazone groups is 1. The van der Waals surface area contributed by atoms with E-state index in [0.717, 1.165) is 29.7 Å². The summed E-state index contributed by atoms with van der Waals surface area (Å²) in [4.78, 5) is 26.9. The molecule has 150 valence electrons. The normalized spacial score (nSPS) is 18.5. The number of amides is 2. The predicted octanol–water partition coefficient (Wildman–Crippen LogP) is 3.85. The number of rotatable bonds is 5. The maximum Gasteiger partial charge on any atom is 0.262 e. The molecule has 2 amide bonds. The summed E-state index contributed by atoms with van der Waals surface area (Å²) in [5, 5.41) is 6.30. The minimum atomic E-state index is -0.148. The molecule has 0 saturated heterocycles. The second kappa shape index (κ2) is 7.82. The van der Waals surface area contributed by atoms with Crippen LogP contribution in [0.3, 0.4) is 0 Å². The molecule has 1 fully saturated rings. The molecule has 1 aliphatic carbocycles. The Morgan fingerprint density at radius 1 is 1.07 bits per heavy atom. The number of nitrogens with zero attached hydrogens (tertiary/aromatic N) is 3. The van der Waals surface area contributed by atoms with E-state index in [-0.39, 0.29) is 30.3 Å². The molecule has 2 aromatic carbocycles. The average Bonchev–Trinajstić information content (AvgIpc) is 3.47. The highest BCUT2D eigenvalue weighted by Crippen LogP contribution is 2.34. The van der Waals surface area contributed by atoms with Crippen LogP contribution < -0.4 is 0 Å². The van der Waals surface area contributed by atoms with E-state index < -0.39 is 0 Å². The smallest absolute Gasteiger partial charge is 0.262 e. The van der Waals surface area contributed by atoms with Crippen molar-refractivity contribution in [2.24, 2.45) is 11.0 Å². The van der Waals surface area contributed by atoms with Crippen LogP contribution in [0.1, 0.15) is 47.6 Å². The van der Waals surface area contributed by atoms with E-state index in [4.69, 9.17) is 5.10 Å². The van der Waals surface area contributed by atoms with Gasteiger partial charge in [-0.15, -0.1) is 0 Å². The van der Waals surface area contributed by atoms with Crippen LogP contribution >= 0.6 is 0 Å². The summed E-state index contributed by atoms with van der Waals surface area (Å²) in [6.45, 7) is 4.23. The van der Waals surface area contributed by atoms with E-state index in [0.29, 0.717) is 6.42 Å². The van der Waals surface area contributed by atoms with Gasteiger partial charge in [-0.25, -0.2) is 5.01 Å². The van der Waals surface area contributed by atoms with Gasteiger partial charge in [0.1, 0.15) is 6.54 Å². The number of likely N-dealkylation sites (N-methyl/N-ethyl adjacent to an activating group) is 1. The van der Waals surface area contributed by atoms with Gasteiger partial charge in [0.15, 0.2) is 0 Å². The van der Waals surface area contributed by atoms with Crippen molar-refractivity contribution in [3.05, 3.63) is 70.8 Å². The van der Waals surface area contributed by atoms with Crippen molar-refractivity contribution < 1.29 is 9.59 Å². The Kier molecular flexibility index (Phi) is 5.22. The Hall–Kier alpha value is -2.95. The van der Waals surface area contributed by atoms with Gasteiger partial charge >= 0.3 is 0 Å². The molecule has 0 aromatic heterocycles. The molecule has 4 rings (SSSR count). The summed E-state index contributed by atoms with van der Waals surface area (Å²) in [6.07, 6.45) is 2.53. The van der Waals surface area contributed by atoms with E-state index in [2.05, 4.69) is 32.0 Å². The zero-order valence-electron chi connectivity index (χ0n) is 17.3. The first-order chi connectivity index (χ1) is 13.9. The number of hydrogen-bond acceptors (Lipinski definition) is 3. The zero-order chi connectivity index (χ0) is 20.5. The SMILES string of the molecule is Cc1ccc(C2=NN(C(=O)CN(C)C(=O)C3CC3)[C@@H](c3ccccc3)C2)cc1C. The maximum atomic E-state index is 13.1. The van der Waals surface area contributed by atoms with E-state index >= 15 is 0 Å². The van der Waals surface area contributed by atoms with Crippen molar-refractivity contribution in [2.45, 2.75) is 39.2 Å². The van der Waals surface area contributed by atoms with Crippen molar-refractivity contribution in [3.8, 4) is 0 Å². The summed E-state index contributed by atoms with van der Waals surface area (Å²) in [5.41, 5.74) is 5.46. The van der Waals surface area contributed by atoms with Crippen molar-refractivity contribution in [1.29, 1.82) is 0 Å². The van der Waals surface area contributed by atoms with Gasteiger partial charge in [0.05, 0.1) is 11.8 Å². The van der Waals surface area contributed by atoms with Gasteiger partial charge in [-0.05, 0) is 55.0 Å². The van der Waals surface area contributed by atoms with Crippen molar-refractivity contribution >= 4 is 17.5 Å². The summed E-state index contributed by atoms with van der Waals surface area (Å²) < 4.78 is 0. The molecular weight excluding hydrogens is 362 g/mol. The molecule has 0 N–H and O–H groups in total. The monoisotopic (exact) mass is 389 g/mol. The summed E-state index contributed by atoms with van der Waals surface area (Å²) in [7, 11) is 1.71. The first-order valence-electron chi connectivity index (χ1n) is 10.2. The van der Waals surface area contributed by atoms with E-state index in [1.807, 2.05) is 30.3 Å². The predicted molar refractivity (Wildman–Crippen MR) is 113 cm³/mol. The van der Waals surface area contributed by atoms with Crippen LogP contribution in [0.2, 0.25) is 0 Å². The molecule has 0 spiro atoms. The summed E-state index contributed by atoms with van der Waals surface area (Å²) in [5.74, 6) is 0.0206. The maximum absolute atomic E-state index is 13.1. The third-order valence-electron chi connectivity index (χ3n) is 5.87. The Labute approximate surface area is 172 Å². The van der Waals surface area contributed by atoms with Gasteiger partial charge in [0.25, 0.3) is 5.91 Å².